The highest BCUT2D eigenvalue weighted by Crippen LogP contribution is 2.05. The van der Waals surface area contributed by atoms with Crippen LogP contribution < -0.4 is 5.32 Å². The van der Waals surface area contributed by atoms with E-state index < -0.39 is 5.60 Å². The van der Waals surface area contributed by atoms with E-state index in [1.807, 2.05) is 13.8 Å². The zero-order valence-electron chi connectivity index (χ0n) is 7.52. The van der Waals surface area contributed by atoms with E-state index in [2.05, 4.69) is 11.2 Å². The Morgan fingerprint density at radius 1 is 1.73 bits per heavy atom. The largest absolute Gasteiger partial charge is 0.389 e. The highest BCUT2D eigenvalue weighted by atomic mass is 16.3. The molecule has 0 aliphatic heterocycles. The van der Waals surface area contributed by atoms with E-state index in [9.17, 15) is 5.11 Å². The van der Waals surface area contributed by atoms with Gasteiger partial charge in [0.1, 0.15) is 0 Å². The molecule has 0 radical (unpaired) electrons. The van der Waals surface area contributed by atoms with Gasteiger partial charge in [0, 0.05) is 6.54 Å². The van der Waals surface area contributed by atoms with Crippen molar-refractivity contribution in [2.45, 2.75) is 38.8 Å². The van der Waals surface area contributed by atoms with Crippen LogP contribution in [-0.4, -0.2) is 23.3 Å². The number of hydrogen-bond donors (Lipinski definition) is 2. The molecular weight excluding hydrogens is 138 g/mol. The van der Waals surface area contributed by atoms with Gasteiger partial charge in [0.05, 0.1) is 11.6 Å². The van der Waals surface area contributed by atoms with Gasteiger partial charge in [-0.2, -0.15) is 0 Å². The number of nitrogens with one attached hydrogen (secondary N) is 1. The van der Waals surface area contributed by atoms with Gasteiger partial charge in [-0.1, -0.05) is 12.8 Å². The van der Waals surface area contributed by atoms with Crippen LogP contribution >= 0.6 is 0 Å². The smallest absolute Gasteiger partial charge is 0.0741 e. The maximum atomic E-state index is 9.54. The van der Waals surface area contributed by atoms with Crippen molar-refractivity contribution < 1.29 is 5.11 Å². The molecule has 2 N–H and O–H groups in total. The molecule has 0 amide bonds. The van der Waals surface area contributed by atoms with Crippen LogP contribution in [0.3, 0.4) is 0 Å². The van der Waals surface area contributed by atoms with E-state index in [0.29, 0.717) is 6.54 Å². The van der Waals surface area contributed by atoms with Crippen LogP contribution in [0.2, 0.25) is 0 Å². The maximum absolute atomic E-state index is 9.54. The molecule has 2 heteroatoms. The highest BCUT2D eigenvalue weighted by molar-refractivity contribution is 4.96. The highest BCUT2D eigenvalue weighted by Gasteiger charge is 2.16. The molecule has 0 aromatic rings. The van der Waals surface area contributed by atoms with Crippen LogP contribution in [0.25, 0.3) is 0 Å². The van der Waals surface area contributed by atoms with Crippen LogP contribution in [0.5, 0.6) is 0 Å². The molecule has 2 unspecified atom stereocenters. The first-order valence-electron chi connectivity index (χ1n) is 3.93. The van der Waals surface area contributed by atoms with Gasteiger partial charge in [-0.05, 0) is 20.3 Å². The topological polar surface area (TPSA) is 32.3 Å². The average molecular weight is 155 g/mol. The summed E-state index contributed by atoms with van der Waals surface area (Å²) in [5.74, 6) is 2.54. The molecular formula is C9H17NO. The van der Waals surface area contributed by atoms with E-state index in [1.165, 1.54) is 0 Å². The monoisotopic (exact) mass is 155 g/mol. The summed E-state index contributed by atoms with van der Waals surface area (Å²) >= 11 is 0. The van der Waals surface area contributed by atoms with Crippen molar-refractivity contribution in [3.8, 4) is 12.3 Å². The summed E-state index contributed by atoms with van der Waals surface area (Å²) in [6, 6.07) is 0.0352. The van der Waals surface area contributed by atoms with Gasteiger partial charge in [0.25, 0.3) is 0 Å². The fraction of sp³-hybridized carbons (Fsp3) is 0.778. The van der Waals surface area contributed by atoms with Gasteiger partial charge < -0.3 is 10.4 Å². The standard InChI is InChI=1S/C9H17NO/c1-5-8(3)10-7-9(4,11)6-2/h1,8,10-11H,6-7H2,2-4H3. The number of hydrogen-bond acceptors (Lipinski definition) is 2. The predicted octanol–water partition coefficient (Wildman–Crippen LogP) is 0.759. The van der Waals surface area contributed by atoms with Gasteiger partial charge >= 0.3 is 0 Å². The Kier molecular flexibility index (Phi) is 4.17. The molecule has 0 heterocycles. The molecule has 0 fully saturated rings. The SMILES string of the molecule is C#CC(C)NCC(C)(O)CC. The van der Waals surface area contributed by atoms with Gasteiger partial charge in [0.2, 0.25) is 0 Å². The molecule has 0 aliphatic carbocycles. The van der Waals surface area contributed by atoms with Crippen molar-refractivity contribution in [3.05, 3.63) is 0 Å². The van der Waals surface area contributed by atoms with E-state index in [1.54, 1.807) is 6.92 Å². The molecule has 64 valence electrons. The van der Waals surface area contributed by atoms with Gasteiger partial charge in [-0.3, -0.25) is 0 Å². The molecule has 2 nitrogen and oxygen atoms in total. The first kappa shape index (κ1) is 10.5. The van der Waals surface area contributed by atoms with Crippen molar-refractivity contribution in [2.24, 2.45) is 0 Å². The van der Waals surface area contributed by atoms with Crippen LogP contribution in [0.15, 0.2) is 0 Å². The average Bonchev–Trinajstić information content (AvgIpc) is 2.00. The third-order valence-corrected chi connectivity index (χ3v) is 1.80. The lowest BCUT2D eigenvalue weighted by atomic mass is 10.0. The lowest BCUT2D eigenvalue weighted by Crippen LogP contribution is -2.40. The summed E-state index contributed by atoms with van der Waals surface area (Å²) in [7, 11) is 0. The predicted molar refractivity (Wildman–Crippen MR) is 47.2 cm³/mol. The Morgan fingerprint density at radius 2 is 2.27 bits per heavy atom. The Hall–Kier alpha value is -0.520. The van der Waals surface area contributed by atoms with E-state index in [-0.39, 0.29) is 6.04 Å². The molecule has 0 aromatic heterocycles. The fourth-order valence-electron chi connectivity index (χ4n) is 0.557. The minimum atomic E-state index is -0.634. The van der Waals surface area contributed by atoms with Crippen molar-refractivity contribution in [3.63, 3.8) is 0 Å². The van der Waals surface area contributed by atoms with Gasteiger partial charge in [-0.15, -0.1) is 6.42 Å². The molecule has 0 rings (SSSR count). The Labute approximate surface area is 69.0 Å². The lowest BCUT2D eigenvalue weighted by molar-refractivity contribution is 0.0549. The second-order valence-corrected chi connectivity index (χ2v) is 3.12. The van der Waals surface area contributed by atoms with E-state index in [4.69, 9.17) is 6.42 Å². The zero-order valence-corrected chi connectivity index (χ0v) is 7.52. The van der Waals surface area contributed by atoms with E-state index >= 15 is 0 Å². The molecule has 2 atom stereocenters. The van der Waals surface area contributed by atoms with Crippen LogP contribution in [-0.2, 0) is 0 Å². The third kappa shape index (κ3) is 4.83. The Bertz CT molecular complexity index is 146. The quantitative estimate of drug-likeness (QED) is 0.587. The Morgan fingerprint density at radius 3 is 2.64 bits per heavy atom. The molecule has 11 heavy (non-hydrogen) atoms. The normalized spacial score (nSPS) is 18.5. The van der Waals surface area contributed by atoms with Crippen LogP contribution in [0, 0.1) is 12.3 Å². The molecule has 0 bridgehead atoms. The number of rotatable bonds is 4. The summed E-state index contributed by atoms with van der Waals surface area (Å²) in [6.07, 6.45) is 5.88. The number of aliphatic hydroxyl groups is 1. The molecule has 0 aliphatic rings. The lowest BCUT2D eigenvalue weighted by Gasteiger charge is -2.22. The van der Waals surface area contributed by atoms with Crippen LogP contribution in [0.1, 0.15) is 27.2 Å². The van der Waals surface area contributed by atoms with Gasteiger partial charge in [-0.25, -0.2) is 0 Å². The summed E-state index contributed by atoms with van der Waals surface area (Å²) in [5.41, 5.74) is -0.634. The van der Waals surface area contributed by atoms with Crippen molar-refractivity contribution in [1.82, 2.24) is 5.32 Å². The van der Waals surface area contributed by atoms with Crippen LogP contribution in [0.4, 0.5) is 0 Å². The molecule has 0 saturated heterocycles. The van der Waals surface area contributed by atoms with Crippen molar-refractivity contribution >= 4 is 0 Å². The second-order valence-electron chi connectivity index (χ2n) is 3.12. The fourth-order valence-corrected chi connectivity index (χ4v) is 0.557. The summed E-state index contributed by atoms with van der Waals surface area (Å²) in [4.78, 5) is 0. The van der Waals surface area contributed by atoms with Gasteiger partial charge in [0.15, 0.2) is 0 Å². The summed E-state index contributed by atoms with van der Waals surface area (Å²) in [5, 5.41) is 12.6. The second kappa shape index (κ2) is 4.38. The van der Waals surface area contributed by atoms with E-state index in [0.717, 1.165) is 6.42 Å². The third-order valence-electron chi connectivity index (χ3n) is 1.80. The summed E-state index contributed by atoms with van der Waals surface area (Å²) < 4.78 is 0. The molecule has 0 spiro atoms. The number of terminal acetylenes is 1. The van der Waals surface area contributed by atoms with Crippen molar-refractivity contribution in [1.29, 1.82) is 0 Å². The molecule has 0 aromatic carbocycles. The first-order valence-corrected chi connectivity index (χ1v) is 3.93. The molecule has 0 saturated carbocycles. The zero-order chi connectivity index (χ0) is 8.91. The first-order chi connectivity index (χ1) is 5.02. The minimum absolute atomic E-state index is 0.0352. The maximum Gasteiger partial charge on any atom is 0.0741 e. The Balaban J connectivity index is 3.63. The minimum Gasteiger partial charge on any atom is -0.389 e. The van der Waals surface area contributed by atoms with Crippen molar-refractivity contribution in [2.75, 3.05) is 6.54 Å². The summed E-state index contributed by atoms with van der Waals surface area (Å²) in [6.45, 7) is 6.19.